The Labute approximate surface area is 221 Å². The summed E-state index contributed by atoms with van der Waals surface area (Å²) in [5.41, 5.74) is 3.19. The maximum absolute atomic E-state index is 13.2. The summed E-state index contributed by atoms with van der Waals surface area (Å²) >= 11 is 7.46. The number of carbonyl (C=O) groups is 2. The van der Waals surface area contributed by atoms with Gasteiger partial charge in [0.25, 0.3) is 5.91 Å². The number of nitrogens with zero attached hydrogens (tertiary/aromatic N) is 5. The van der Waals surface area contributed by atoms with Crippen molar-refractivity contribution >= 4 is 51.2 Å². The molecule has 10 heteroatoms. The number of benzene rings is 3. The first-order valence-corrected chi connectivity index (χ1v) is 12.5. The molecular weight excluding hydrogens is 510 g/mol. The van der Waals surface area contributed by atoms with Crippen molar-refractivity contribution in [2.75, 3.05) is 12.1 Å². The third kappa shape index (κ3) is 5.04. The van der Waals surface area contributed by atoms with Gasteiger partial charge in [-0.1, -0.05) is 41.9 Å². The van der Waals surface area contributed by atoms with Crippen LogP contribution in [0, 0.1) is 0 Å². The maximum atomic E-state index is 13.2. The van der Waals surface area contributed by atoms with Crippen LogP contribution in [0.1, 0.15) is 22.8 Å². The number of ketones is 1. The highest BCUT2D eigenvalue weighted by Crippen LogP contribution is 2.32. The van der Waals surface area contributed by atoms with Crippen molar-refractivity contribution in [1.82, 2.24) is 4.98 Å². The molecule has 37 heavy (non-hydrogen) atoms. The Hall–Kier alpha value is -4.21. The van der Waals surface area contributed by atoms with Crippen LogP contribution in [0.5, 0.6) is 5.75 Å². The summed E-state index contributed by atoms with van der Waals surface area (Å²) in [7, 11) is 1.61. The van der Waals surface area contributed by atoms with Crippen LogP contribution in [0.3, 0.4) is 0 Å². The highest BCUT2D eigenvalue weighted by molar-refractivity contribution is 7.14. The molecule has 1 atom stereocenters. The molecule has 1 aliphatic rings. The summed E-state index contributed by atoms with van der Waals surface area (Å²) in [4.78, 5) is 30.8. The lowest BCUT2D eigenvalue weighted by Crippen LogP contribution is -2.29. The first-order valence-electron chi connectivity index (χ1n) is 11.2. The van der Waals surface area contributed by atoms with Crippen molar-refractivity contribution in [3.8, 4) is 17.0 Å². The van der Waals surface area contributed by atoms with E-state index in [0.29, 0.717) is 32.7 Å². The lowest BCUT2D eigenvalue weighted by atomic mass is 10.0. The van der Waals surface area contributed by atoms with E-state index in [1.54, 1.807) is 56.5 Å². The molecule has 4 aromatic rings. The van der Waals surface area contributed by atoms with Crippen molar-refractivity contribution in [2.45, 2.75) is 13.0 Å². The molecule has 0 radical (unpaired) electrons. The normalized spacial score (nSPS) is 15.3. The molecule has 0 saturated carbocycles. The zero-order valence-electron chi connectivity index (χ0n) is 19.8. The van der Waals surface area contributed by atoms with Crippen molar-refractivity contribution in [2.24, 2.45) is 15.3 Å². The van der Waals surface area contributed by atoms with Crippen molar-refractivity contribution in [1.29, 1.82) is 0 Å². The molecule has 0 fully saturated rings. The first kappa shape index (κ1) is 24.5. The Bertz CT molecular complexity index is 1530. The van der Waals surface area contributed by atoms with E-state index in [1.807, 2.05) is 35.7 Å². The van der Waals surface area contributed by atoms with E-state index < -0.39 is 6.04 Å². The molecule has 0 bridgehead atoms. The number of anilines is 1. The number of methoxy groups -OCH3 is 1. The molecule has 0 saturated heterocycles. The number of hydrogen-bond acceptors (Lipinski definition) is 8. The molecule has 184 valence electrons. The molecule has 0 spiro atoms. The highest BCUT2D eigenvalue weighted by Gasteiger charge is 2.36. The zero-order valence-corrected chi connectivity index (χ0v) is 21.4. The second-order valence-electron chi connectivity index (χ2n) is 8.11. The van der Waals surface area contributed by atoms with E-state index >= 15 is 0 Å². The molecule has 5 rings (SSSR count). The van der Waals surface area contributed by atoms with Gasteiger partial charge in [-0.3, -0.25) is 9.59 Å². The fourth-order valence-electron chi connectivity index (χ4n) is 3.72. The third-order valence-electron chi connectivity index (χ3n) is 5.68. The van der Waals surface area contributed by atoms with E-state index in [4.69, 9.17) is 16.3 Å². The molecule has 1 aromatic heterocycles. The van der Waals surface area contributed by atoms with Crippen LogP contribution < -0.4 is 9.75 Å². The summed E-state index contributed by atoms with van der Waals surface area (Å²) in [5, 5.41) is 16.8. The topological polar surface area (TPSA) is 96.6 Å². The van der Waals surface area contributed by atoms with Crippen LogP contribution in [0.2, 0.25) is 5.02 Å². The lowest BCUT2D eigenvalue weighted by Gasteiger charge is -2.09. The summed E-state index contributed by atoms with van der Waals surface area (Å²) in [6.45, 7) is 1.71. The minimum Gasteiger partial charge on any atom is -0.497 e. The smallest absolute Gasteiger partial charge is 0.282 e. The number of halogens is 1. The minimum absolute atomic E-state index is 0.240. The zero-order chi connectivity index (χ0) is 25.9. The highest BCUT2D eigenvalue weighted by atomic mass is 35.5. The summed E-state index contributed by atoms with van der Waals surface area (Å²) in [6.07, 6.45) is 0. The number of aromatic nitrogens is 1. The summed E-state index contributed by atoms with van der Waals surface area (Å²) in [5.74, 6) is 0.133. The Balaban J connectivity index is 1.37. The Morgan fingerprint density at radius 1 is 1.08 bits per heavy atom. The largest absolute Gasteiger partial charge is 0.497 e. The molecule has 1 aliphatic heterocycles. The van der Waals surface area contributed by atoms with Gasteiger partial charge in [0.2, 0.25) is 5.13 Å². The predicted molar refractivity (Wildman–Crippen MR) is 144 cm³/mol. The summed E-state index contributed by atoms with van der Waals surface area (Å²) in [6, 6.07) is 20.2. The Kier molecular flexibility index (Phi) is 6.89. The average molecular weight is 530 g/mol. The number of amides is 1. The lowest BCUT2D eigenvalue weighted by molar-refractivity contribution is -0.117. The minimum atomic E-state index is -0.927. The molecule has 0 unspecified atom stereocenters. The second-order valence-corrected chi connectivity index (χ2v) is 9.38. The monoisotopic (exact) mass is 529 g/mol. The number of thiazole rings is 1. The number of ether oxygens (including phenoxy) is 1. The van der Waals surface area contributed by atoms with Gasteiger partial charge in [0.05, 0.1) is 29.8 Å². The Morgan fingerprint density at radius 3 is 2.57 bits per heavy atom. The van der Waals surface area contributed by atoms with Gasteiger partial charge in [-0.2, -0.15) is 20.3 Å². The SMILES string of the molecule is COc1ccc(-c2csc(N3N=C(C)[C@@H](N=Nc4ccc(Cl)cc4C(=O)c4ccccc4)C3=O)n2)cc1. The van der Waals surface area contributed by atoms with E-state index in [1.165, 1.54) is 16.3 Å². The van der Waals surface area contributed by atoms with Crippen LogP contribution >= 0.6 is 22.9 Å². The van der Waals surface area contributed by atoms with E-state index in [-0.39, 0.29) is 11.7 Å². The fraction of sp³-hybridized carbons (Fsp3) is 0.111. The van der Waals surface area contributed by atoms with Crippen LogP contribution in [0.25, 0.3) is 11.3 Å². The third-order valence-corrected chi connectivity index (χ3v) is 6.73. The van der Waals surface area contributed by atoms with Gasteiger partial charge in [-0.05, 0) is 49.4 Å². The van der Waals surface area contributed by atoms with Gasteiger partial charge in [-0.15, -0.1) is 11.3 Å². The summed E-state index contributed by atoms with van der Waals surface area (Å²) < 4.78 is 5.20. The molecule has 1 amide bonds. The average Bonchev–Trinajstić information content (AvgIpc) is 3.52. The van der Waals surface area contributed by atoms with Crippen LogP contribution in [0.15, 0.2) is 93.5 Å². The van der Waals surface area contributed by atoms with E-state index in [9.17, 15) is 9.59 Å². The predicted octanol–water partition coefficient (Wildman–Crippen LogP) is 6.58. The number of hydrazone groups is 1. The number of carbonyl (C=O) groups excluding carboxylic acids is 2. The molecule has 3 aromatic carbocycles. The van der Waals surface area contributed by atoms with Crippen LogP contribution in [-0.2, 0) is 4.79 Å². The van der Waals surface area contributed by atoms with Gasteiger partial charge < -0.3 is 4.74 Å². The van der Waals surface area contributed by atoms with Crippen molar-refractivity contribution in [3.05, 3.63) is 94.3 Å². The molecule has 0 aliphatic carbocycles. The molecule has 2 heterocycles. The molecular formula is C27H20ClN5O3S. The van der Waals surface area contributed by atoms with Gasteiger partial charge in [-0.25, -0.2) is 4.98 Å². The fourth-order valence-corrected chi connectivity index (χ4v) is 4.68. The van der Waals surface area contributed by atoms with Gasteiger partial charge in [0, 0.05) is 21.5 Å². The quantitative estimate of drug-likeness (QED) is 0.199. The number of rotatable bonds is 7. The Morgan fingerprint density at radius 2 is 1.84 bits per heavy atom. The van der Waals surface area contributed by atoms with Gasteiger partial charge >= 0.3 is 0 Å². The van der Waals surface area contributed by atoms with Crippen LogP contribution in [0.4, 0.5) is 10.8 Å². The standard InChI is InChI=1S/C27H20ClN5O3S/c1-16-24(31-30-22-13-10-19(28)14-21(22)25(34)18-6-4-3-5-7-18)26(35)33(32-16)27-29-23(15-37-27)17-8-11-20(36-2)12-9-17/h3-15,24H,1-2H3/t24-/m1/s1. The molecule has 8 nitrogen and oxygen atoms in total. The second kappa shape index (κ2) is 10.4. The van der Waals surface area contributed by atoms with Crippen LogP contribution in [-0.4, -0.2) is 35.5 Å². The van der Waals surface area contributed by atoms with E-state index in [0.717, 1.165) is 17.0 Å². The van der Waals surface area contributed by atoms with Gasteiger partial charge in [0.1, 0.15) is 5.75 Å². The van der Waals surface area contributed by atoms with E-state index in [2.05, 4.69) is 20.3 Å². The van der Waals surface area contributed by atoms with Gasteiger partial charge in [0.15, 0.2) is 11.8 Å². The number of azo groups is 1. The first-order chi connectivity index (χ1) is 17.9. The number of hydrogen-bond donors (Lipinski definition) is 0. The van der Waals surface area contributed by atoms with Crippen molar-refractivity contribution < 1.29 is 14.3 Å². The van der Waals surface area contributed by atoms with Crippen molar-refractivity contribution in [3.63, 3.8) is 0 Å². The molecule has 0 N–H and O–H groups in total. The maximum Gasteiger partial charge on any atom is 0.282 e.